The maximum Gasteiger partial charge on any atom is 0.141 e. The van der Waals surface area contributed by atoms with Gasteiger partial charge in [0.05, 0.1) is 30.2 Å². The molecule has 0 radical (unpaired) electrons. The predicted octanol–water partition coefficient (Wildman–Crippen LogP) is 1.75. The number of aromatic nitrogens is 1. The summed E-state index contributed by atoms with van der Waals surface area (Å²) in [7, 11) is 0. The van der Waals surface area contributed by atoms with Gasteiger partial charge in [0, 0.05) is 25.6 Å². The molecule has 1 aromatic heterocycles. The highest BCUT2D eigenvalue weighted by molar-refractivity contribution is 5.09. The molecule has 5 heteroatoms. The summed E-state index contributed by atoms with van der Waals surface area (Å²) < 4.78 is 18.7. The molecule has 2 fully saturated rings. The first-order chi connectivity index (χ1) is 9.61. The second-order valence-corrected chi connectivity index (χ2v) is 6.00. The molecule has 1 N–H and O–H groups in total. The van der Waals surface area contributed by atoms with Gasteiger partial charge in [-0.3, -0.25) is 9.88 Å². The molecule has 4 atom stereocenters. The molecule has 2 aliphatic heterocycles. The van der Waals surface area contributed by atoms with Crippen LogP contribution in [0, 0.1) is 11.7 Å². The van der Waals surface area contributed by atoms with Crippen molar-refractivity contribution >= 4 is 0 Å². The third-order valence-electron chi connectivity index (χ3n) is 4.26. The third-order valence-corrected chi connectivity index (χ3v) is 4.26. The van der Waals surface area contributed by atoms with Crippen molar-refractivity contribution in [2.45, 2.75) is 38.1 Å². The lowest BCUT2D eigenvalue weighted by atomic mass is 10.0. The second kappa shape index (κ2) is 5.76. The molecule has 4 unspecified atom stereocenters. The first kappa shape index (κ1) is 13.9. The van der Waals surface area contributed by atoms with E-state index >= 15 is 0 Å². The zero-order valence-corrected chi connectivity index (χ0v) is 11.7. The summed E-state index contributed by atoms with van der Waals surface area (Å²) >= 11 is 0. The van der Waals surface area contributed by atoms with E-state index in [0.717, 1.165) is 38.7 Å². The van der Waals surface area contributed by atoms with Crippen LogP contribution in [0.2, 0.25) is 0 Å². The fraction of sp³-hybridized carbons (Fsp3) is 0.667. The summed E-state index contributed by atoms with van der Waals surface area (Å²) in [5.74, 6) is -0.316. The van der Waals surface area contributed by atoms with Crippen molar-refractivity contribution in [3.05, 3.63) is 29.8 Å². The normalized spacial score (nSPS) is 29.4. The molecule has 1 aromatic rings. The Morgan fingerprint density at radius 1 is 1.40 bits per heavy atom. The molecule has 2 aliphatic rings. The Bertz CT molecular complexity index is 442. The molecule has 3 rings (SSSR count). The summed E-state index contributed by atoms with van der Waals surface area (Å²) in [5, 5.41) is 10.3. The number of hydrogen-bond donors (Lipinski definition) is 1. The van der Waals surface area contributed by atoms with E-state index in [1.165, 1.54) is 6.07 Å². The highest BCUT2D eigenvalue weighted by Gasteiger charge is 2.34. The molecule has 20 heavy (non-hydrogen) atoms. The minimum Gasteiger partial charge on any atom is -0.386 e. The van der Waals surface area contributed by atoms with Gasteiger partial charge in [0.25, 0.3) is 0 Å². The maximum absolute atomic E-state index is 12.9. The lowest BCUT2D eigenvalue weighted by Gasteiger charge is -2.34. The van der Waals surface area contributed by atoms with E-state index in [1.807, 2.05) is 6.92 Å². The Kier molecular flexibility index (Phi) is 4.01. The predicted molar refractivity (Wildman–Crippen MR) is 72.7 cm³/mol. The molecule has 0 saturated carbocycles. The van der Waals surface area contributed by atoms with Crippen LogP contribution in [0.15, 0.2) is 18.3 Å². The molecule has 4 nitrogen and oxygen atoms in total. The standard InChI is InChI=1S/C15H21FN2O2/c1-10(15(19)14-5-2-11(16)6-17-14)7-18-8-12-3-4-13(9-18)20-12/h2,5-6,10,12-13,15,19H,3-4,7-9H2,1H3. The van der Waals surface area contributed by atoms with E-state index in [9.17, 15) is 9.50 Å². The summed E-state index contributed by atoms with van der Waals surface area (Å²) in [5.41, 5.74) is 0.537. The lowest BCUT2D eigenvalue weighted by Crippen LogP contribution is -2.45. The van der Waals surface area contributed by atoms with Crippen LogP contribution in [-0.4, -0.2) is 46.8 Å². The molecule has 0 spiro atoms. The number of aliphatic hydroxyl groups excluding tert-OH is 1. The quantitative estimate of drug-likeness (QED) is 0.913. The maximum atomic E-state index is 12.9. The van der Waals surface area contributed by atoms with Gasteiger partial charge in [-0.2, -0.15) is 0 Å². The molecule has 0 aliphatic carbocycles. The number of likely N-dealkylation sites (tertiary alicyclic amines) is 1. The molecular formula is C15H21FN2O2. The largest absolute Gasteiger partial charge is 0.386 e. The molecule has 2 bridgehead atoms. The highest BCUT2D eigenvalue weighted by atomic mass is 19.1. The van der Waals surface area contributed by atoms with E-state index in [4.69, 9.17) is 4.74 Å². The van der Waals surface area contributed by atoms with Crippen LogP contribution in [0.1, 0.15) is 31.6 Å². The Labute approximate surface area is 118 Å². The van der Waals surface area contributed by atoms with Crippen LogP contribution >= 0.6 is 0 Å². The zero-order chi connectivity index (χ0) is 14.1. The van der Waals surface area contributed by atoms with Crippen LogP contribution < -0.4 is 0 Å². The van der Waals surface area contributed by atoms with Gasteiger partial charge >= 0.3 is 0 Å². The van der Waals surface area contributed by atoms with Gasteiger partial charge in [-0.15, -0.1) is 0 Å². The van der Waals surface area contributed by atoms with Crippen molar-refractivity contribution in [3.63, 3.8) is 0 Å². The van der Waals surface area contributed by atoms with Gasteiger partial charge in [0.2, 0.25) is 0 Å². The number of nitrogens with zero attached hydrogens (tertiary/aromatic N) is 2. The molecule has 110 valence electrons. The monoisotopic (exact) mass is 280 g/mol. The minimum atomic E-state index is -0.656. The number of fused-ring (bicyclic) bond motifs is 2. The van der Waals surface area contributed by atoms with Crippen LogP contribution in [0.5, 0.6) is 0 Å². The number of pyridine rings is 1. The van der Waals surface area contributed by atoms with Gasteiger partial charge in [-0.1, -0.05) is 6.92 Å². The number of hydrogen-bond acceptors (Lipinski definition) is 4. The smallest absolute Gasteiger partial charge is 0.141 e. The van der Waals surface area contributed by atoms with E-state index < -0.39 is 6.10 Å². The molecule has 0 aromatic carbocycles. The Morgan fingerprint density at radius 2 is 2.10 bits per heavy atom. The van der Waals surface area contributed by atoms with Crippen LogP contribution in [-0.2, 0) is 4.74 Å². The average molecular weight is 280 g/mol. The highest BCUT2D eigenvalue weighted by Crippen LogP contribution is 2.28. The van der Waals surface area contributed by atoms with Gasteiger partial charge in [-0.25, -0.2) is 4.39 Å². The van der Waals surface area contributed by atoms with Gasteiger partial charge in [0.1, 0.15) is 5.82 Å². The average Bonchev–Trinajstić information content (AvgIpc) is 2.78. The Hall–Kier alpha value is -1.04. The molecule has 3 heterocycles. The van der Waals surface area contributed by atoms with Crippen molar-refractivity contribution in [3.8, 4) is 0 Å². The number of aliphatic hydroxyl groups is 1. The summed E-state index contributed by atoms with van der Waals surface area (Å²) in [6.45, 7) is 4.72. The van der Waals surface area contributed by atoms with Crippen LogP contribution in [0.25, 0.3) is 0 Å². The number of ether oxygens (including phenoxy) is 1. The third kappa shape index (κ3) is 3.00. The fourth-order valence-electron chi connectivity index (χ4n) is 3.21. The van der Waals surface area contributed by atoms with Crippen LogP contribution in [0.3, 0.4) is 0 Å². The fourth-order valence-corrected chi connectivity index (χ4v) is 3.21. The lowest BCUT2D eigenvalue weighted by molar-refractivity contribution is -0.0484. The van der Waals surface area contributed by atoms with Crippen molar-refractivity contribution < 1.29 is 14.2 Å². The topological polar surface area (TPSA) is 45.6 Å². The van der Waals surface area contributed by atoms with Crippen LogP contribution in [0.4, 0.5) is 4.39 Å². The zero-order valence-electron chi connectivity index (χ0n) is 11.7. The SMILES string of the molecule is CC(CN1CC2CCC(C1)O2)C(O)c1ccc(F)cn1. The molecule has 0 amide bonds. The second-order valence-electron chi connectivity index (χ2n) is 6.00. The Balaban J connectivity index is 1.58. The van der Waals surface area contributed by atoms with Crippen molar-refractivity contribution in [1.82, 2.24) is 9.88 Å². The summed E-state index contributed by atoms with van der Waals surface area (Å²) in [4.78, 5) is 6.33. The van der Waals surface area contributed by atoms with Gasteiger partial charge in [0.15, 0.2) is 0 Å². The van der Waals surface area contributed by atoms with E-state index in [1.54, 1.807) is 6.07 Å². The van der Waals surface area contributed by atoms with Gasteiger partial charge in [-0.05, 0) is 25.0 Å². The van der Waals surface area contributed by atoms with E-state index in [0.29, 0.717) is 17.9 Å². The van der Waals surface area contributed by atoms with E-state index in [-0.39, 0.29) is 11.7 Å². The van der Waals surface area contributed by atoms with Crippen molar-refractivity contribution in [1.29, 1.82) is 0 Å². The minimum absolute atomic E-state index is 0.0606. The Morgan fingerprint density at radius 3 is 2.70 bits per heavy atom. The number of morpholine rings is 1. The van der Waals surface area contributed by atoms with E-state index in [2.05, 4.69) is 9.88 Å². The molecule has 2 saturated heterocycles. The van der Waals surface area contributed by atoms with Crippen molar-refractivity contribution in [2.75, 3.05) is 19.6 Å². The number of rotatable bonds is 4. The first-order valence-electron chi connectivity index (χ1n) is 7.29. The first-order valence-corrected chi connectivity index (χ1v) is 7.29. The number of halogens is 1. The van der Waals surface area contributed by atoms with Crippen molar-refractivity contribution in [2.24, 2.45) is 5.92 Å². The summed E-state index contributed by atoms with van der Waals surface area (Å²) in [6, 6.07) is 2.90. The summed E-state index contributed by atoms with van der Waals surface area (Å²) in [6.07, 6.45) is 3.52. The van der Waals surface area contributed by atoms with Gasteiger partial charge < -0.3 is 9.84 Å². The molecular weight excluding hydrogens is 259 g/mol.